The molecule has 8 nitrogen and oxygen atoms in total. The first-order valence-electron chi connectivity index (χ1n) is 10.6. The Morgan fingerprint density at radius 2 is 2.06 bits per heavy atom. The highest BCUT2D eigenvalue weighted by Crippen LogP contribution is 2.34. The maximum atomic E-state index is 12.9. The molecular weight excluding hydrogens is 460 g/mol. The van der Waals surface area contributed by atoms with Crippen LogP contribution in [0.25, 0.3) is 10.6 Å². The van der Waals surface area contributed by atoms with Gasteiger partial charge in [0.05, 0.1) is 35.3 Å². The second-order valence-electron chi connectivity index (χ2n) is 7.51. The summed E-state index contributed by atoms with van der Waals surface area (Å²) in [5.74, 6) is -0.238. The zero-order chi connectivity index (χ0) is 23.4. The number of hydrogen-bond donors (Lipinski definition) is 2. The molecule has 0 aliphatic carbocycles. The molecule has 2 N–H and O–H groups in total. The van der Waals surface area contributed by atoms with Crippen LogP contribution in [0.15, 0.2) is 41.8 Å². The number of benzene rings is 1. The lowest BCUT2D eigenvalue weighted by molar-refractivity contribution is -0.122. The Balaban J connectivity index is 1.39. The molecule has 0 spiro atoms. The molecule has 3 amide bonds. The van der Waals surface area contributed by atoms with Crippen LogP contribution in [0, 0.1) is 5.92 Å². The van der Waals surface area contributed by atoms with E-state index in [1.165, 1.54) is 18.3 Å². The van der Waals surface area contributed by atoms with E-state index in [0.717, 1.165) is 15.4 Å². The molecule has 1 fully saturated rings. The molecule has 1 aliphatic rings. The Hall–Kier alpha value is -3.24. The number of carbonyl (C=O) groups excluding carboxylic acids is 3. The number of thiophene rings is 1. The first-order chi connectivity index (χ1) is 15.9. The van der Waals surface area contributed by atoms with Crippen molar-refractivity contribution in [2.75, 3.05) is 23.4 Å². The van der Waals surface area contributed by atoms with Gasteiger partial charge in [0.25, 0.3) is 0 Å². The van der Waals surface area contributed by atoms with Gasteiger partial charge in [0.15, 0.2) is 5.13 Å². The summed E-state index contributed by atoms with van der Waals surface area (Å²) < 4.78 is 5.64. The number of aromatic nitrogens is 1. The normalized spacial score (nSPS) is 15.5. The highest BCUT2D eigenvalue weighted by atomic mass is 32.1. The second-order valence-corrected chi connectivity index (χ2v) is 9.54. The minimum atomic E-state index is -0.467. The Bertz CT molecular complexity index is 1170. The average Bonchev–Trinajstić information content (AvgIpc) is 3.53. The van der Waals surface area contributed by atoms with Crippen molar-refractivity contribution in [3.63, 3.8) is 0 Å². The number of rotatable bonds is 8. The van der Waals surface area contributed by atoms with E-state index < -0.39 is 5.92 Å². The van der Waals surface area contributed by atoms with Gasteiger partial charge in [-0.15, -0.1) is 22.7 Å². The topological polar surface area (TPSA) is 101 Å². The van der Waals surface area contributed by atoms with Crippen LogP contribution in [0.4, 0.5) is 10.8 Å². The molecule has 172 valence electrons. The van der Waals surface area contributed by atoms with Crippen molar-refractivity contribution in [2.24, 2.45) is 5.92 Å². The lowest BCUT2D eigenvalue weighted by Crippen LogP contribution is -2.28. The summed E-state index contributed by atoms with van der Waals surface area (Å²) in [6, 6.07) is 11.3. The van der Waals surface area contributed by atoms with E-state index in [2.05, 4.69) is 15.6 Å². The summed E-state index contributed by atoms with van der Waals surface area (Å²) in [6.45, 7) is 4.64. The van der Waals surface area contributed by atoms with Gasteiger partial charge in [-0.25, -0.2) is 4.98 Å². The molecule has 10 heteroatoms. The van der Waals surface area contributed by atoms with E-state index >= 15 is 0 Å². The van der Waals surface area contributed by atoms with Crippen LogP contribution < -0.4 is 20.3 Å². The second kappa shape index (κ2) is 10.1. The summed E-state index contributed by atoms with van der Waals surface area (Å²) in [5, 5.41) is 8.01. The third kappa shape index (κ3) is 5.40. The van der Waals surface area contributed by atoms with Crippen LogP contribution in [0.1, 0.15) is 25.1 Å². The highest BCUT2D eigenvalue weighted by Gasteiger charge is 2.36. The fourth-order valence-electron chi connectivity index (χ4n) is 3.55. The van der Waals surface area contributed by atoms with Gasteiger partial charge in [-0.2, -0.15) is 0 Å². The Morgan fingerprint density at radius 1 is 1.24 bits per heavy atom. The number of anilines is 2. The number of nitrogens with one attached hydrogen (secondary N) is 2. The number of carbonyl (C=O) groups is 3. The Morgan fingerprint density at radius 3 is 2.85 bits per heavy atom. The van der Waals surface area contributed by atoms with Crippen molar-refractivity contribution in [2.45, 2.75) is 26.8 Å². The van der Waals surface area contributed by atoms with Crippen LogP contribution >= 0.6 is 22.7 Å². The fourth-order valence-corrected chi connectivity index (χ4v) is 5.24. The zero-order valence-electron chi connectivity index (χ0n) is 18.3. The summed E-state index contributed by atoms with van der Waals surface area (Å²) in [4.78, 5) is 44.7. The minimum Gasteiger partial charge on any atom is -0.492 e. The standard InChI is InChI=1S/C23H24N4O4S2/c1-3-31-19-7-5-4-6-18(19)27-12-15(10-21(27)29)22(30)26-23-25-17(13-32-23)20-9-8-16(33-20)11-24-14(2)28/h4-9,13,15H,3,10-12H2,1-2H3,(H,24,28)(H,25,26,30)/t15-/m1/s1. The molecule has 33 heavy (non-hydrogen) atoms. The van der Waals surface area contributed by atoms with Crippen molar-refractivity contribution in [3.05, 3.63) is 46.7 Å². The number of ether oxygens (including phenoxy) is 1. The molecule has 3 heterocycles. The maximum absolute atomic E-state index is 12.9. The quantitative estimate of drug-likeness (QED) is 0.505. The van der Waals surface area contributed by atoms with E-state index in [0.29, 0.717) is 36.3 Å². The summed E-state index contributed by atoms with van der Waals surface area (Å²) in [5.41, 5.74) is 1.45. The maximum Gasteiger partial charge on any atom is 0.231 e. The number of amides is 3. The molecular formula is C23H24N4O4S2. The van der Waals surface area contributed by atoms with Crippen LogP contribution in [0.3, 0.4) is 0 Å². The number of thiazole rings is 1. The first-order valence-corrected chi connectivity index (χ1v) is 12.3. The first kappa shape index (κ1) is 22.9. The average molecular weight is 485 g/mol. The third-order valence-electron chi connectivity index (χ3n) is 5.11. The fraction of sp³-hybridized carbons (Fsp3) is 0.304. The van der Waals surface area contributed by atoms with E-state index in [-0.39, 0.29) is 24.1 Å². The summed E-state index contributed by atoms with van der Waals surface area (Å²) in [6.07, 6.45) is 0.141. The van der Waals surface area contributed by atoms with Gasteiger partial charge in [0, 0.05) is 30.1 Å². The van der Waals surface area contributed by atoms with Gasteiger partial charge in [-0.3, -0.25) is 14.4 Å². The smallest absolute Gasteiger partial charge is 0.231 e. The van der Waals surface area contributed by atoms with Crippen LogP contribution in [-0.2, 0) is 20.9 Å². The third-order valence-corrected chi connectivity index (χ3v) is 6.98. The van der Waals surface area contributed by atoms with Gasteiger partial charge < -0.3 is 20.3 Å². The summed E-state index contributed by atoms with van der Waals surface area (Å²) >= 11 is 2.88. The van der Waals surface area contributed by atoms with Crippen molar-refractivity contribution in [3.8, 4) is 16.3 Å². The molecule has 0 unspecified atom stereocenters. The van der Waals surface area contributed by atoms with Crippen molar-refractivity contribution < 1.29 is 19.1 Å². The number of hydrogen-bond acceptors (Lipinski definition) is 7. The predicted octanol–water partition coefficient (Wildman–Crippen LogP) is 3.90. The van der Waals surface area contributed by atoms with Crippen LogP contribution in [-0.4, -0.2) is 35.9 Å². The largest absolute Gasteiger partial charge is 0.492 e. The predicted molar refractivity (Wildman–Crippen MR) is 130 cm³/mol. The Kier molecular flexibility index (Phi) is 7.05. The van der Waals surface area contributed by atoms with Gasteiger partial charge >= 0.3 is 0 Å². The molecule has 3 aromatic rings. The van der Waals surface area contributed by atoms with Crippen LogP contribution in [0.5, 0.6) is 5.75 Å². The minimum absolute atomic E-state index is 0.0751. The molecule has 0 radical (unpaired) electrons. The monoisotopic (exact) mass is 484 g/mol. The zero-order valence-corrected chi connectivity index (χ0v) is 19.9. The SMILES string of the molecule is CCOc1ccccc1N1C[C@H](C(=O)Nc2nc(-c3ccc(CNC(C)=O)s3)cs2)CC1=O. The van der Waals surface area contributed by atoms with Gasteiger partial charge in [-0.05, 0) is 31.2 Å². The molecule has 1 aliphatic heterocycles. The highest BCUT2D eigenvalue weighted by molar-refractivity contribution is 7.17. The molecule has 0 saturated carbocycles. The lowest BCUT2D eigenvalue weighted by Gasteiger charge is -2.20. The molecule has 1 aromatic carbocycles. The lowest BCUT2D eigenvalue weighted by atomic mass is 10.1. The van der Waals surface area contributed by atoms with E-state index in [4.69, 9.17) is 4.74 Å². The van der Waals surface area contributed by atoms with Crippen molar-refractivity contribution in [1.29, 1.82) is 0 Å². The van der Waals surface area contributed by atoms with E-state index in [1.54, 1.807) is 16.2 Å². The molecule has 1 saturated heterocycles. The summed E-state index contributed by atoms with van der Waals surface area (Å²) in [7, 11) is 0. The Labute approximate surface area is 199 Å². The molecule has 1 atom stereocenters. The molecule has 4 rings (SSSR count). The van der Waals surface area contributed by atoms with E-state index in [9.17, 15) is 14.4 Å². The van der Waals surface area contributed by atoms with Gasteiger partial charge in [0.1, 0.15) is 5.75 Å². The van der Waals surface area contributed by atoms with Gasteiger partial charge in [-0.1, -0.05) is 12.1 Å². The molecule has 0 bridgehead atoms. The van der Waals surface area contributed by atoms with Crippen molar-refractivity contribution in [1.82, 2.24) is 10.3 Å². The number of para-hydroxylation sites is 2. The number of nitrogens with zero attached hydrogens (tertiary/aromatic N) is 2. The van der Waals surface area contributed by atoms with E-state index in [1.807, 2.05) is 48.7 Å². The van der Waals surface area contributed by atoms with Crippen molar-refractivity contribution >= 4 is 51.2 Å². The van der Waals surface area contributed by atoms with Gasteiger partial charge in [0.2, 0.25) is 17.7 Å². The molecule has 2 aromatic heterocycles. The van der Waals surface area contributed by atoms with Crippen LogP contribution in [0.2, 0.25) is 0 Å².